The zero-order valence-corrected chi connectivity index (χ0v) is 15.6. The summed E-state index contributed by atoms with van der Waals surface area (Å²) in [6.45, 7) is 1.93. The number of amides is 1. The third kappa shape index (κ3) is 2.95. The van der Waals surface area contributed by atoms with E-state index in [0.29, 0.717) is 11.5 Å². The fourth-order valence-electron chi connectivity index (χ4n) is 3.54. The van der Waals surface area contributed by atoms with Crippen molar-refractivity contribution in [3.63, 3.8) is 0 Å². The van der Waals surface area contributed by atoms with Gasteiger partial charge in [-0.3, -0.25) is 4.79 Å². The Hall–Kier alpha value is -3.47. The summed E-state index contributed by atoms with van der Waals surface area (Å²) >= 11 is 0. The third-order valence-electron chi connectivity index (χ3n) is 5.11. The van der Waals surface area contributed by atoms with Crippen molar-refractivity contribution in [2.24, 2.45) is 0 Å². The van der Waals surface area contributed by atoms with Crippen molar-refractivity contribution in [3.05, 3.63) is 83.7 Å². The van der Waals surface area contributed by atoms with Gasteiger partial charge in [-0.1, -0.05) is 36.4 Å². The number of carbonyl (C=O) groups is 1. The third-order valence-corrected chi connectivity index (χ3v) is 5.11. The molecule has 1 aliphatic rings. The molecular formula is C23H20N4O. The molecule has 1 aliphatic carbocycles. The summed E-state index contributed by atoms with van der Waals surface area (Å²) in [7, 11) is 0. The van der Waals surface area contributed by atoms with E-state index in [-0.39, 0.29) is 5.91 Å². The Balaban J connectivity index is 1.68. The van der Waals surface area contributed by atoms with Crippen molar-refractivity contribution >= 4 is 22.6 Å². The summed E-state index contributed by atoms with van der Waals surface area (Å²) in [6, 6.07) is 21.4. The first-order valence-corrected chi connectivity index (χ1v) is 9.53. The normalized spacial score (nSPS) is 13.6. The summed E-state index contributed by atoms with van der Waals surface area (Å²) in [4.78, 5) is 18.1. The van der Waals surface area contributed by atoms with Crippen molar-refractivity contribution < 1.29 is 4.79 Å². The molecule has 0 saturated heterocycles. The number of aryl methyl sites for hydroxylation is 1. The van der Waals surface area contributed by atoms with Gasteiger partial charge in [0.25, 0.3) is 5.91 Å². The van der Waals surface area contributed by atoms with E-state index in [2.05, 4.69) is 5.32 Å². The first kappa shape index (κ1) is 16.7. The molecule has 2 aromatic heterocycles. The molecule has 138 valence electrons. The van der Waals surface area contributed by atoms with Crippen LogP contribution in [0, 0.1) is 6.92 Å². The Kier molecular flexibility index (Phi) is 3.93. The number of rotatable bonds is 4. The Morgan fingerprint density at radius 2 is 1.71 bits per heavy atom. The number of fused-ring (bicyclic) bond motifs is 1. The van der Waals surface area contributed by atoms with Gasteiger partial charge < -0.3 is 5.32 Å². The Morgan fingerprint density at radius 1 is 1.04 bits per heavy atom. The lowest BCUT2D eigenvalue weighted by atomic mass is 10.1. The molecule has 0 unspecified atom stereocenters. The number of carbonyl (C=O) groups excluding carboxylic acids is 1. The second-order valence-corrected chi connectivity index (χ2v) is 7.22. The maximum atomic E-state index is 13.1. The number of aromatic nitrogens is 3. The number of hydrogen-bond donors (Lipinski definition) is 1. The van der Waals surface area contributed by atoms with Gasteiger partial charge in [-0.25, -0.2) is 9.67 Å². The van der Waals surface area contributed by atoms with Gasteiger partial charge in [-0.05, 0) is 50.1 Å². The Bertz CT molecular complexity index is 1160. The number of para-hydroxylation sites is 2. The average molecular weight is 368 g/mol. The predicted molar refractivity (Wildman–Crippen MR) is 110 cm³/mol. The molecule has 5 rings (SSSR count). The molecule has 1 N–H and O–H groups in total. The minimum atomic E-state index is -0.129. The molecule has 5 nitrogen and oxygen atoms in total. The van der Waals surface area contributed by atoms with E-state index in [1.54, 1.807) is 0 Å². The van der Waals surface area contributed by atoms with Crippen molar-refractivity contribution in [1.29, 1.82) is 0 Å². The molecule has 0 bridgehead atoms. The number of benzene rings is 2. The molecule has 2 heterocycles. The van der Waals surface area contributed by atoms with Crippen LogP contribution < -0.4 is 5.32 Å². The highest BCUT2D eigenvalue weighted by Gasteiger charge is 2.29. The zero-order valence-electron chi connectivity index (χ0n) is 15.6. The van der Waals surface area contributed by atoms with Gasteiger partial charge in [0.15, 0.2) is 5.65 Å². The molecule has 1 fully saturated rings. The first-order chi connectivity index (χ1) is 13.7. The quantitative estimate of drug-likeness (QED) is 0.560. The topological polar surface area (TPSA) is 59.8 Å². The fraction of sp³-hybridized carbons (Fsp3) is 0.174. The highest BCUT2D eigenvalue weighted by atomic mass is 16.1. The van der Waals surface area contributed by atoms with Crippen LogP contribution in [0.5, 0.6) is 0 Å². The van der Waals surface area contributed by atoms with E-state index >= 15 is 0 Å². The molecule has 0 atom stereocenters. The van der Waals surface area contributed by atoms with Gasteiger partial charge in [0.2, 0.25) is 0 Å². The Morgan fingerprint density at radius 3 is 2.39 bits per heavy atom. The second-order valence-electron chi connectivity index (χ2n) is 7.22. The monoisotopic (exact) mass is 368 g/mol. The number of pyridine rings is 1. The van der Waals surface area contributed by atoms with Crippen LogP contribution in [0.3, 0.4) is 0 Å². The summed E-state index contributed by atoms with van der Waals surface area (Å²) in [6.07, 6.45) is 2.24. The van der Waals surface area contributed by atoms with Crippen LogP contribution in [0.15, 0.2) is 66.7 Å². The van der Waals surface area contributed by atoms with Gasteiger partial charge in [0.05, 0.1) is 22.3 Å². The largest absolute Gasteiger partial charge is 0.322 e. The molecule has 28 heavy (non-hydrogen) atoms. The lowest BCUT2D eigenvalue weighted by molar-refractivity contribution is 0.102. The highest BCUT2D eigenvalue weighted by Crippen LogP contribution is 2.40. The second kappa shape index (κ2) is 6.60. The van der Waals surface area contributed by atoms with E-state index in [1.807, 2.05) is 78.3 Å². The van der Waals surface area contributed by atoms with E-state index in [4.69, 9.17) is 10.1 Å². The van der Waals surface area contributed by atoms with Gasteiger partial charge in [0, 0.05) is 17.3 Å². The molecule has 1 saturated carbocycles. The summed E-state index contributed by atoms with van der Waals surface area (Å²) in [5, 5.41) is 8.52. The number of nitrogens with zero attached hydrogens (tertiary/aromatic N) is 3. The number of hydrogen-bond acceptors (Lipinski definition) is 3. The summed E-state index contributed by atoms with van der Waals surface area (Å²) in [5.41, 5.74) is 4.87. The maximum Gasteiger partial charge on any atom is 0.256 e. The smallest absolute Gasteiger partial charge is 0.256 e. The molecule has 2 aromatic carbocycles. The number of nitrogens with one attached hydrogen (secondary N) is 1. The van der Waals surface area contributed by atoms with Crippen LogP contribution in [0.25, 0.3) is 16.7 Å². The average Bonchev–Trinajstić information content (AvgIpc) is 3.53. The van der Waals surface area contributed by atoms with Crippen LogP contribution >= 0.6 is 0 Å². The molecule has 4 aromatic rings. The van der Waals surface area contributed by atoms with Crippen molar-refractivity contribution in [1.82, 2.24) is 14.8 Å². The molecule has 5 heteroatoms. The van der Waals surface area contributed by atoms with Crippen LogP contribution in [0.2, 0.25) is 0 Å². The van der Waals surface area contributed by atoms with Crippen LogP contribution in [-0.2, 0) is 0 Å². The van der Waals surface area contributed by atoms with E-state index in [9.17, 15) is 4.79 Å². The van der Waals surface area contributed by atoms with Crippen molar-refractivity contribution in [2.45, 2.75) is 25.7 Å². The minimum Gasteiger partial charge on any atom is -0.322 e. The van der Waals surface area contributed by atoms with E-state index in [1.165, 1.54) is 0 Å². The zero-order chi connectivity index (χ0) is 19.1. The highest BCUT2D eigenvalue weighted by molar-refractivity contribution is 6.12. The van der Waals surface area contributed by atoms with Gasteiger partial charge in [-0.15, -0.1) is 0 Å². The maximum absolute atomic E-state index is 13.1. The van der Waals surface area contributed by atoms with E-state index in [0.717, 1.165) is 46.6 Å². The fourth-order valence-corrected chi connectivity index (χ4v) is 3.54. The molecular weight excluding hydrogens is 348 g/mol. The molecule has 0 spiro atoms. The van der Waals surface area contributed by atoms with Gasteiger partial charge >= 0.3 is 0 Å². The molecule has 0 radical (unpaired) electrons. The van der Waals surface area contributed by atoms with Crippen molar-refractivity contribution in [3.8, 4) is 5.69 Å². The van der Waals surface area contributed by atoms with Crippen LogP contribution in [0.1, 0.15) is 40.5 Å². The lowest BCUT2D eigenvalue weighted by Gasteiger charge is -2.09. The van der Waals surface area contributed by atoms with E-state index < -0.39 is 0 Å². The lowest BCUT2D eigenvalue weighted by Crippen LogP contribution is -2.13. The SMILES string of the molecule is Cc1nn(-c2ccccc2)c2nc(C3CC3)cc(C(=O)Nc3ccccc3)c12. The minimum absolute atomic E-state index is 0.129. The first-order valence-electron chi connectivity index (χ1n) is 9.53. The summed E-state index contributed by atoms with van der Waals surface area (Å²) < 4.78 is 1.84. The molecule has 0 aliphatic heterocycles. The van der Waals surface area contributed by atoms with Crippen molar-refractivity contribution in [2.75, 3.05) is 5.32 Å². The van der Waals surface area contributed by atoms with Crippen LogP contribution in [0.4, 0.5) is 5.69 Å². The van der Waals surface area contributed by atoms with Gasteiger partial charge in [-0.2, -0.15) is 5.10 Å². The standard InChI is InChI=1S/C23H20N4O/c1-15-21-19(23(28)24-17-8-4-2-5-9-17)14-20(16-12-13-16)25-22(21)27(26-15)18-10-6-3-7-11-18/h2-11,14,16H,12-13H2,1H3,(H,24,28). The summed E-state index contributed by atoms with van der Waals surface area (Å²) in [5.74, 6) is 0.309. The van der Waals surface area contributed by atoms with Gasteiger partial charge in [0.1, 0.15) is 0 Å². The predicted octanol–water partition coefficient (Wildman–Crippen LogP) is 4.86. The number of anilines is 1. The molecule has 1 amide bonds. The van der Waals surface area contributed by atoms with Crippen LogP contribution in [-0.4, -0.2) is 20.7 Å². The Labute approximate surface area is 163 Å².